The average Bonchev–Trinajstić information content (AvgIpc) is 2.76. The van der Waals surface area contributed by atoms with Crippen LogP contribution in [-0.4, -0.2) is 63.1 Å². The first-order valence-electron chi connectivity index (χ1n) is 10.2. The Kier molecular flexibility index (Phi) is 7.05. The summed E-state index contributed by atoms with van der Waals surface area (Å²) < 4.78 is 64.7. The van der Waals surface area contributed by atoms with Crippen LogP contribution in [0.25, 0.3) is 0 Å². The average molecular weight is 500 g/mol. The molecule has 9 nitrogen and oxygen atoms in total. The van der Waals surface area contributed by atoms with Crippen molar-refractivity contribution >= 4 is 33.0 Å². The Morgan fingerprint density at radius 3 is 2.32 bits per heavy atom. The molecule has 34 heavy (non-hydrogen) atoms. The molecule has 0 aromatic heterocycles. The summed E-state index contributed by atoms with van der Waals surface area (Å²) in [6.07, 6.45) is -3.56. The highest BCUT2D eigenvalue weighted by Crippen LogP contribution is 2.32. The lowest BCUT2D eigenvalue weighted by molar-refractivity contribution is -0.384. The Labute approximate surface area is 194 Å². The molecule has 1 heterocycles. The third-order valence-corrected chi connectivity index (χ3v) is 6.65. The summed E-state index contributed by atoms with van der Waals surface area (Å²) >= 11 is 0. The predicted octanol–water partition coefficient (Wildman–Crippen LogP) is 3.04. The molecule has 1 aliphatic heterocycles. The molecular formula is C21H23F3N4O5S. The van der Waals surface area contributed by atoms with Crippen molar-refractivity contribution in [3.05, 3.63) is 63.7 Å². The minimum Gasteiger partial charge on any atom is -0.368 e. The molecule has 0 unspecified atom stereocenters. The summed E-state index contributed by atoms with van der Waals surface area (Å²) in [6, 6.07) is 8.67. The van der Waals surface area contributed by atoms with Crippen molar-refractivity contribution in [2.24, 2.45) is 0 Å². The summed E-state index contributed by atoms with van der Waals surface area (Å²) in [5.41, 5.74) is -0.214. The van der Waals surface area contributed by atoms with E-state index in [9.17, 15) is 36.5 Å². The van der Waals surface area contributed by atoms with E-state index in [-0.39, 0.29) is 37.6 Å². The number of alkyl halides is 3. The molecule has 3 rings (SSSR count). The van der Waals surface area contributed by atoms with E-state index < -0.39 is 39.1 Å². The highest BCUT2D eigenvalue weighted by Gasteiger charge is 2.32. The Balaban J connectivity index is 1.73. The normalized spacial score (nSPS) is 14.7. The first-order chi connectivity index (χ1) is 15.8. The number of sulfonamides is 1. The van der Waals surface area contributed by atoms with Crippen LogP contribution in [0, 0.1) is 17.0 Å². The zero-order valence-corrected chi connectivity index (χ0v) is 19.3. The van der Waals surface area contributed by atoms with Crippen LogP contribution < -0.4 is 9.21 Å². The van der Waals surface area contributed by atoms with Gasteiger partial charge in [0.1, 0.15) is 6.54 Å². The number of carbonyl (C=O) groups excluding carboxylic acids is 1. The van der Waals surface area contributed by atoms with Gasteiger partial charge in [-0.1, -0.05) is 12.1 Å². The summed E-state index contributed by atoms with van der Waals surface area (Å²) in [5.74, 6) is -0.514. The second kappa shape index (κ2) is 9.49. The van der Waals surface area contributed by atoms with Gasteiger partial charge in [-0.25, -0.2) is 8.42 Å². The van der Waals surface area contributed by atoms with Crippen LogP contribution in [0.4, 0.5) is 30.2 Å². The molecule has 2 aromatic rings. The van der Waals surface area contributed by atoms with Crippen molar-refractivity contribution in [2.45, 2.75) is 13.1 Å². The monoisotopic (exact) mass is 500 g/mol. The van der Waals surface area contributed by atoms with E-state index in [1.54, 1.807) is 17.9 Å². The van der Waals surface area contributed by atoms with Crippen molar-refractivity contribution < 1.29 is 31.3 Å². The summed E-state index contributed by atoms with van der Waals surface area (Å²) in [5, 5.41) is 11.1. The smallest absolute Gasteiger partial charge is 0.368 e. The maximum Gasteiger partial charge on any atom is 0.416 e. The largest absolute Gasteiger partial charge is 0.416 e. The van der Waals surface area contributed by atoms with Gasteiger partial charge < -0.3 is 9.80 Å². The van der Waals surface area contributed by atoms with Gasteiger partial charge >= 0.3 is 6.18 Å². The second-order valence-electron chi connectivity index (χ2n) is 7.91. The van der Waals surface area contributed by atoms with Gasteiger partial charge in [0.25, 0.3) is 5.69 Å². The molecule has 1 saturated heterocycles. The second-order valence-corrected chi connectivity index (χ2v) is 9.82. The highest BCUT2D eigenvalue weighted by molar-refractivity contribution is 7.92. The number of hydrogen-bond acceptors (Lipinski definition) is 6. The number of nitro groups is 1. The van der Waals surface area contributed by atoms with Gasteiger partial charge in [-0.15, -0.1) is 0 Å². The number of halogens is 3. The van der Waals surface area contributed by atoms with Crippen LogP contribution in [0.1, 0.15) is 11.1 Å². The van der Waals surface area contributed by atoms with Crippen molar-refractivity contribution in [1.29, 1.82) is 0 Å². The van der Waals surface area contributed by atoms with E-state index in [0.717, 1.165) is 28.8 Å². The molecule has 184 valence electrons. The Bertz CT molecular complexity index is 1200. The van der Waals surface area contributed by atoms with Crippen LogP contribution in [-0.2, 0) is 21.0 Å². The van der Waals surface area contributed by atoms with Gasteiger partial charge in [-0.2, -0.15) is 13.2 Å². The predicted molar refractivity (Wildman–Crippen MR) is 120 cm³/mol. The van der Waals surface area contributed by atoms with E-state index in [4.69, 9.17) is 0 Å². The van der Waals surface area contributed by atoms with Gasteiger partial charge in [-0.3, -0.25) is 19.2 Å². The van der Waals surface area contributed by atoms with E-state index in [1.807, 2.05) is 0 Å². The number of benzene rings is 2. The molecule has 0 saturated carbocycles. The fourth-order valence-electron chi connectivity index (χ4n) is 3.68. The standard InChI is InChI=1S/C21H23F3N4O5S/c1-15-6-7-18(28(30)31)13-19(15)27(34(2,32)33)14-20(29)26-10-8-25(9-11-26)17-5-3-4-16(12-17)21(22,23)24/h3-7,12-13H,8-11,14H2,1-2H3. The Morgan fingerprint density at radius 2 is 1.76 bits per heavy atom. The number of rotatable bonds is 6. The lowest BCUT2D eigenvalue weighted by Crippen LogP contribution is -2.52. The molecule has 0 spiro atoms. The van der Waals surface area contributed by atoms with Crippen molar-refractivity contribution in [3.8, 4) is 0 Å². The fourth-order valence-corrected chi connectivity index (χ4v) is 4.58. The van der Waals surface area contributed by atoms with Crippen LogP contribution >= 0.6 is 0 Å². The van der Waals surface area contributed by atoms with Crippen LogP contribution in [0.15, 0.2) is 42.5 Å². The lowest BCUT2D eigenvalue weighted by atomic mass is 10.1. The van der Waals surface area contributed by atoms with E-state index in [1.165, 1.54) is 23.1 Å². The van der Waals surface area contributed by atoms with Crippen LogP contribution in [0.2, 0.25) is 0 Å². The van der Waals surface area contributed by atoms with E-state index in [2.05, 4.69) is 0 Å². The lowest BCUT2D eigenvalue weighted by Gasteiger charge is -2.37. The van der Waals surface area contributed by atoms with Gasteiger partial charge in [-0.05, 0) is 30.7 Å². The number of anilines is 2. The molecule has 0 radical (unpaired) electrons. The minimum atomic E-state index is -4.46. The minimum absolute atomic E-state index is 0.0349. The fraction of sp³-hybridized carbons (Fsp3) is 0.381. The molecule has 0 aliphatic carbocycles. The third-order valence-electron chi connectivity index (χ3n) is 5.52. The van der Waals surface area contributed by atoms with Crippen LogP contribution in [0.3, 0.4) is 0 Å². The number of amides is 1. The summed E-state index contributed by atoms with van der Waals surface area (Å²) in [4.78, 5) is 26.5. The van der Waals surface area contributed by atoms with E-state index in [0.29, 0.717) is 11.3 Å². The summed E-state index contributed by atoms with van der Waals surface area (Å²) in [7, 11) is -3.94. The zero-order valence-electron chi connectivity index (χ0n) is 18.4. The molecule has 1 aliphatic rings. The van der Waals surface area contributed by atoms with Crippen LogP contribution in [0.5, 0.6) is 0 Å². The number of nitrogens with zero attached hydrogens (tertiary/aromatic N) is 4. The first kappa shape index (κ1) is 25.3. The summed E-state index contributed by atoms with van der Waals surface area (Å²) in [6.45, 7) is 1.92. The molecule has 0 bridgehead atoms. The number of aryl methyl sites for hydroxylation is 1. The molecule has 1 amide bonds. The van der Waals surface area contributed by atoms with Crippen molar-refractivity contribution in [2.75, 3.05) is 48.2 Å². The third kappa shape index (κ3) is 5.76. The molecule has 1 fully saturated rings. The zero-order chi connectivity index (χ0) is 25.3. The molecule has 0 N–H and O–H groups in total. The topological polar surface area (TPSA) is 104 Å². The maximum atomic E-state index is 13.0. The Morgan fingerprint density at radius 1 is 1.12 bits per heavy atom. The van der Waals surface area contributed by atoms with Gasteiger partial charge in [0.15, 0.2) is 0 Å². The quantitative estimate of drug-likeness (QED) is 0.446. The maximum absolute atomic E-state index is 13.0. The SMILES string of the molecule is Cc1ccc([N+](=O)[O-])cc1N(CC(=O)N1CCN(c2cccc(C(F)(F)F)c2)CC1)S(C)(=O)=O. The van der Waals surface area contributed by atoms with Gasteiger partial charge in [0.2, 0.25) is 15.9 Å². The molecule has 13 heteroatoms. The van der Waals surface area contributed by atoms with Gasteiger partial charge in [0.05, 0.1) is 22.4 Å². The first-order valence-corrected chi connectivity index (χ1v) is 12.0. The number of non-ortho nitro benzene ring substituents is 1. The number of piperazine rings is 1. The molecule has 0 atom stereocenters. The van der Waals surface area contributed by atoms with Gasteiger partial charge in [0, 0.05) is 44.0 Å². The van der Waals surface area contributed by atoms with Crippen molar-refractivity contribution in [3.63, 3.8) is 0 Å². The number of carbonyl (C=O) groups is 1. The van der Waals surface area contributed by atoms with Crippen molar-refractivity contribution in [1.82, 2.24) is 4.90 Å². The Hall–Kier alpha value is -3.35. The molecule has 2 aromatic carbocycles. The molecular weight excluding hydrogens is 477 g/mol. The highest BCUT2D eigenvalue weighted by atomic mass is 32.2. The van der Waals surface area contributed by atoms with E-state index >= 15 is 0 Å². The number of nitro benzene ring substituents is 1. The number of hydrogen-bond donors (Lipinski definition) is 0.